The zero-order chi connectivity index (χ0) is 16.8. The van der Waals surface area contributed by atoms with Crippen LogP contribution >= 0.6 is 24.0 Å². The molecule has 1 aromatic carbocycles. The van der Waals surface area contributed by atoms with E-state index in [1.165, 1.54) is 6.07 Å². The fourth-order valence-corrected chi connectivity index (χ4v) is 1.96. The van der Waals surface area contributed by atoms with Crippen molar-refractivity contribution in [1.82, 2.24) is 10.6 Å². The molecule has 0 saturated heterocycles. The highest BCUT2D eigenvalue weighted by atomic mass is 127. The van der Waals surface area contributed by atoms with Gasteiger partial charge in [0, 0.05) is 33.4 Å². The van der Waals surface area contributed by atoms with Gasteiger partial charge in [0.2, 0.25) is 0 Å². The van der Waals surface area contributed by atoms with Crippen LogP contribution in [0.5, 0.6) is 0 Å². The largest absolute Gasteiger partial charge is 0.382 e. The van der Waals surface area contributed by atoms with E-state index in [0.29, 0.717) is 32.9 Å². The van der Waals surface area contributed by atoms with Crippen LogP contribution in [0.4, 0.5) is 4.39 Å². The fraction of sp³-hybridized carbons (Fsp3) is 0.588. The summed E-state index contributed by atoms with van der Waals surface area (Å²) in [6.07, 6.45) is 1.62. The Hall–Kier alpha value is -0.930. The molecule has 1 rings (SSSR count). The SMILES string of the molecule is CCNC(=NCCCOCCOC)NCCc1cccc(F)c1.I. The number of hydrogen-bond acceptors (Lipinski definition) is 3. The van der Waals surface area contributed by atoms with Crippen LogP contribution in [0.15, 0.2) is 29.3 Å². The van der Waals surface area contributed by atoms with Crippen molar-refractivity contribution in [1.29, 1.82) is 0 Å². The maximum atomic E-state index is 13.1. The predicted molar refractivity (Wildman–Crippen MR) is 107 cm³/mol. The van der Waals surface area contributed by atoms with Crippen LogP contribution in [0, 0.1) is 5.82 Å². The number of aliphatic imine (C=N–C) groups is 1. The Balaban J connectivity index is 0.00000529. The maximum absolute atomic E-state index is 13.1. The topological polar surface area (TPSA) is 54.9 Å². The molecule has 2 N–H and O–H groups in total. The minimum absolute atomic E-state index is 0. The number of hydrogen-bond donors (Lipinski definition) is 2. The smallest absolute Gasteiger partial charge is 0.191 e. The van der Waals surface area contributed by atoms with Gasteiger partial charge in [-0.1, -0.05) is 12.1 Å². The van der Waals surface area contributed by atoms with Crippen molar-refractivity contribution in [2.24, 2.45) is 4.99 Å². The highest BCUT2D eigenvalue weighted by Crippen LogP contribution is 2.03. The summed E-state index contributed by atoms with van der Waals surface area (Å²) in [5.41, 5.74) is 0.972. The highest BCUT2D eigenvalue weighted by molar-refractivity contribution is 14.0. The number of nitrogens with zero attached hydrogens (tertiary/aromatic N) is 1. The Morgan fingerprint density at radius 3 is 2.75 bits per heavy atom. The number of halogens is 2. The Bertz CT molecular complexity index is 461. The van der Waals surface area contributed by atoms with Crippen molar-refractivity contribution >= 4 is 29.9 Å². The summed E-state index contributed by atoms with van der Waals surface area (Å²) in [5, 5.41) is 6.45. The van der Waals surface area contributed by atoms with Crippen molar-refractivity contribution in [3.63, 3.8) is 0 Å². The van der Waals surface area contributed by atoms with E-state index in [0.717, 1.165) is 30.9 Å². The van der Waals surface area contributed by atoms with Gasteiger partial charge >= 0.3 is 0 Å². The molecular weight excluding hydrogens is 424 g/mol. The molecule has 0 saturated carbocycles. The molecule has 0 unspecified atom stereocenters. The number of benzene rings is 1. The third kappa shape index (κ3) is 11.6. The van der Waals surface area contributed by atoms with E-state index in [9.17, 15) is 4.39 Å². The second kappa shape index (κ2) is 15.6. The van der Waals surface area contributed by atoms with E-state index in [1.807, 2.05) is 13.0 Å². The van der Waals surface area contributed by atoms with Crippen LogP contribution in [0.2, 0.25) is 0 Å². The number of methoxy groups -OCH3 is 1. The molecule has 0 fully saturated rings. The Morgan fingerprint density at radius 1 is 1.21 bits per heavy atom. The zero-order valence-electron chi connectivity index (χ0n) is 14.5. The fourth-order valence-electron chi connectivity index (χ4n) is 1.96. The van der Waals surface area contributed by atoms with Crippen LogP contribution in [-0.4, -0.2) is 52.5 Å². The Labute approximate surface area is 161 Å². The summed E-state index contributed by atoms with van der Waals surface area (Å²) in [5.74, 6) is 0.581. The van der Waals surface area contributed by atoms with Gasteiger partial charge in [-0.15, -0.1) is 24.0 Å². The second-order valence-electron chi connectivity index (χ2n) is 5.03. The van der Waals surface area contributed by atoms with Crippen LogP contribution in [0.3, 0.4) is 0 Å². The maximum Gasteiger partial charge on any atom is 0.191 e. The number of guanidine groups is 1. The summed E-state index contributed by atoms with van der Waals surface area (Å²) in [6, 6.07) is 6.67. The van der Waals surface area contributed by atoms with Gasteiger partial charge in [-0.2, -0.15) is 0 Å². The predicted octanol–water partition coefficient (Wildman–Crippen LogP) is 2.59. The molecule has 1 aromatic rings. The van der Waals surface area contributed by atoms with Crippen LogP contribution in [-0.2, 0) is 15.9 Å². The molecule has 7 heteroatoms. The van der Waals surface area contributed by atoms with Gasteiger partial charge in [0.1, 0.15) is 5.82 Å². The van der Waals surface area contributed by atoms with E-state index < -0.39 is 0 Å². The van der Waals surface area contributed by atoms with Crippen molar-refractivity contribution in [2.75, 3.05) is 46.6 Å². The van der Waals surface area contributed by atoms with Crippen LogP contribution in [0.1, 0.15) is 18.9 Å². The van der Waals surface area contributed by atoms with Crippen LogP contribution in [0.25, 0.3) is 0 Å². The first-order valence-corrected chi connectivity index (χ1v) is 8.09. The molecule has 0 heterocycles. The zero-order valence-corrected chi connectivity index (χ0v) is 16.8. The Morgan fingerprint density at radius 2 is 2.04 bits per heavy atom. The van der Waals surface area contributed by atoms with E-state index in [4.69, 9.17) is 9.47 Å². The minimum Gasteiger partial charge on any atom is -0.382 e. The van der Waals surface area contributed by atoms with Gasteiger partial charge in [0.25, 0.3) is 0 Å². The van der Waals surface area contributed by atoms with Crippen molar-refractivity contribution in [2.45, 2.75) is 19.8 Å². The first-order chi connectivity index (χ1) is 11.3. The lowest BCUT2D eigenvalue weighted by Gasteiger charge is -2.11. The molecular formula is C17H29FIN3O2. The minimum atomic E-state index is -0.198. The standard InChI is InChI=1S/C17H28FN3O2.HI/c1-3-19-17(20-9-5-11-23-13-12-22-2)21-10-8-15-6-4-7-16(18)14-15;/h4,6-7,14H,3,5,8-13H2,1-2H3,(H2,19,20,21);1H. The first kappa shape index (κ1) is 23.1. The Kier molecular flexibility index (Phi) is 15.0. The lowest BCUT2D eigenvalue weighted by atomic mass is 10.1. The number of rotatable bonds is 11. The molecule has 0 bridgehead atoms. The molecule has 0 aliphatic heterocycles. The molecule has 0 radical (unpaired) electrons. The molecule has 0 spiro atoms. The van der Waals surface area contributed by atoms with Gasteiger partial charge < -0.3 is 20.1 Å². The summed E-state index contributed by atoms with van der Waals surface area (Å²) < 4.78 is 23.4. The van der Waals surface area contributed by atoms with Gasteiger partial charge in [-0.3, -0.25) is 4.99 Å². The van der Waals surface area contributed by atoms with Gasteiger partial charge in [-0.25, -0.2) is 4.39 Å². The lowest BCUT2D eigenvalue weighted by molar-refractivity contribution is 0.0702. The van der Waals surface area contributed by atoms with Gasteiger partial charge in [-0.05, 0) is 37.5 Å². The molecule has 0 aliphatic rings. The van der Waals surface area contributed by atoms with Crippen molar-refractivity contribution in [3.05, 3.63) is 35.6 Å². The van der Waals surface area contributed by atoms with E-state index in [-0.39, 0.29) is 29.8 Å². The molecule has 0 amide bonds. The normalized spacial score (nSPS) is 11.0. The average Bonchev–Trinajstić information content (AvgIpc) is 2.54. The summed E-state index contributed by atoms with van der Waals surface area (Å²) in [6.45, 7) is 6.14. The highest BCUT2D eigenvalue weighted by Gasteiger charge is 1.99. The molecule has 0 atom stereocenters. The molecule has 0 aromatic heterocycles. The molecule has 5 nitrogen and oxygen atoms in total. The monoisotopic (exact) mass is 453 g/mol. The van der Waals surface area contributed by atoms with E-state index in [1.54, 1.807) is 19.2 Å². The van der Waals surface area contributed by atoms with Crippen LogP contribution < -0.4 is 10.6 Å². The average molecular weight is 453 g/mol. The first-order valence-electron chi connectivity index (χ1n) is 8.09. The lowest BCUT2D eigenvalue weighted by Crippen LogP contribution is -2.38. The quantitative estimate of drug-likeness (QED) is 0.234. The van der Waals surface area contributed by atoms with Crippen molar-refractivity contribution < 1.29 is 13.9 Å². The summed E-state index contributed by atoms with van der Waals surface area (Å²) in [7, 11) is 1.66. The summed E-state index contributed by atoms with van der Waals surface area (Å²) in [4.78, 5) is 4.49. The third-order valence-corrected chi connectivity index (χ3v) is 3.09. The summed E-state index contributed by atoms with van der Waals surface area (Å²) >= 11 is 0. The van der Waals surface area contributed by atoms with E-state index in [2.05, 4.69) is 15.6 Å². The van der Waals surface area contributed by atoms with Crippen molar-refractivity contribution in [3.8, 4) is 0 Å². The number of ether oxygens (including phenoxy) is 2. The van der Waals surface area contributed by atoms with Gasteiger partial charge in [0.15, 0.2) is 5.96 Å². The second-order valence-corrected chi connectivity index (χ2v) is 5.03. The van der Waals surface area contributed by atoms with Gasteiger partial charge in [0.05, 0.1) is 13.2 Å². The molecule has 24 heavy (non-hydrogen) atoms. The molecule has 138 valence electrons. The number of nitrogens with one attached hydrogen (secondary N) is 2. The van der Waals surface area contributed by atoms with E-state index >= 15 is 0 Å². The molecule has 0 aliphatic carbocycles. The third-order valence-electron chi connectivity index (χ3n) is 3.09.